The molecule has 0 spiro atoms. The first-order chi connectivity index (χ1) is 16.1. The Bertz CT molecular complexity index is 1330. The van der Waals surface area contributed by atoms with Crippen molar-refractivity contribution in [1.29, 1.82) is 0 Å². The van der Waals surface area contributed by atoms with Crippen molar-refractivity contribution in [3.8, 4) is 16.9 Å². The van der Waals surface area contributed by atoms with Gasteiger partial charge in [0.1, 0.15) is 5.75 Å². The summed E-state index contributed by atoms with van der Waals surface area (Å²) < 4.78 is 14.0. The number of fused-ring (bicyclic) bond motifs is 2. The number of carbonyl (C=O) groups is 1. The number of esters is 1. The van der Waals surface area contributed by atoms with Gasteiger partial charge in [-0.1, -0.05) is 42.5 Å². The van der Waals surface area contributed by atoms with Gasteiger partial charge in [-0.05, 0) is 55.0 Å². The van der Waals surface area contributed by atoms with Crippen LogP contribution in [0, 0.1) is 0 Å². The fraction of sp³-hybridized carbons (Fsp3) is 0.321. The lowest BCUT2D eigenvalue weighted by atomic mass is 9.95. The van der Waals surface area contributed by atoms with Gasteiger partial charge in [0.2, 0.25) is 0 Å². The van der Waals surface area contributed by atoms with Crippen molar-refractivity contribution in [3.63, 3.8) is 0 Å². The third-order valence-electron chi connectivity index (χ3n) is 6.77. The number of benzene rings is 3. The molecule has 5 heteroatoms. The Kier molecular flexibility index (Phi) is 5.81. The standard InChI is InChI=1S/C28H30N2O3/c1-3-32-28(31)27-23-15-22(21-14-8-10-18-9-4-7-13-20(18)21)26(33-19-11-5-6-12-19)16-24(23)30(2)25(27)17-29/h4,7-10,13-16,19H,3,5-6,11-12,17,29H2,1-2H3. The van der Waals surface area contributed by atoms with Crippen molar-refractivity contribution >= 4 is 27.6 Å². The molecule has 1 aliphatic carbocycles. The molecule has 1 fully saturated rings. The third kappa shape index (κ3) is 3.76. The van der Waals surface area contributed by atoms with Crippen molar-refractivity contribution < 1.29 is 14.3 Å². The van der Waals surface area contributed by atoms with Crippen molar-refractivity contribution in [1.82, 2.24) is 4.57 Å². The molecule has 0 saturated heterocycles. The van der Waals surface area contributed by atoms with Gasteiger partial charge in [0, 0.05) is 36.3 Å². The molecule has 4 aromatic rings. The molecular weight excluding hydrogens is 412 g/mol. The molecule has 1 aliphatic rings. The molecular formula is C28H30N2O3. The molecule has 1 heterocycles. The van der Waals surface area contributed by atoms with E-state index in [1.807, 2.05) is 18.5 Å². The van der Waals surface area contributed by atoms with Crippen LogP contribution in [0.5, 0.6) is 5.75 Å². The van der Waals surface area contributed by atoms with Crippen LogP contribution in [0.1, 0.15) is 48.7 Å². The number of carbonyl (C=O) groups excluding carboxylic acids is 1. The summed E-state index contributed by atoms with van der Waals surface area (Å²) in [5.74, 6) is 0.516. The van der Waals surface area contributed by atoms with Crippen molar-refractivity contribution in [2.75, 3.05) is 6.61 Å². The maximum Gasteiger partial charge on any atom is 0.340 e. The van der Waals surface area contributed by atoms with Gasteiger partial charge < -0.3 is 19.8 Å². The van der Waals surface area contributed by atoms with Gasteiger partial charge >= 0.3 is 5.97 Å². The van der Waals surface area contributed by atoms with Crippen LogP contribution in [-0.4, -0.2) is 23.2 Å². The molecule has 0 bridgehead atoms. The van der Waals surface area contributed by atoms with E-state index in [0.717, 1.165) is 51.7 Å². The molecule has 0 unspecified atom stereocenters. The maximum atomic E-state index is 13.0. The van der Waals surface area contributed by atoms with E-state index in [1.165, 1.54) is 18.2 Å². The van der Waals surface area contributed by atoms with Crippen molar-refractivity contribution in [3.05, 3.63) is 65.9 Å². The lowest BCUT2D eigenvalue weighted by Crippen LogP contribution is -2.12. The first kappa shape index (κ1) is 21.5. The van der Waals surface area contributed by atoms with Gasteiger partial charge in [0.25, 0.3) is 0 Å². The summed E-state index contributed by atoms with van der Waals surface area (Å²) >= 11 is 0. The summed E-state index contributed by atoms with van der Waals surface area (Å²) in [4.78, 5) is 13.0. The average Bonchev–Trinajstić information content (AvgIpc) is 3.44. The molecule has 5 nitrogen and oxygen atoms in total. The molecule has 0 radical (unpaired) electrons. The minimum absolute atomic E-state index is 0.218. The highest BCUT2D eigenvalue weighted by Gasteiger charge is 2.25. The number of hydrogen-bond acceptors (Lipinski definition) is 4. The van der Waals surface area contributed by atoms with E-state index in [0.29, 0.717) is 12.2 Å². The Morgan fingerprint density at radius 1 is 1.03 bits per heavy atom. The SMILES string of the molecule is CCOC(=O)c1c(CN)n(C)c2cc(OC3CCCC3)c(-c3cccc4ccccc34)cc12. The number of nitrogens with zero attached hydrogens (tertiary/aromatic N) is 1. The van der Waals surface area contributed by atoms with E-state index in [1.54, 1.807) is 0 Å². The van der Waals surface area contributed by atoms with Crippen LogP contribution in [0.3, 0.4) is 0 Å². The first-order valence-electron chi connectivity index (χ1n) is 11.8. The van der Waals surface area contributed by atoms with Gasteiger partial charge in [0.15, 0.2) is 0 Å². The molecule has 1 aromatic heterocycles. The molecule has 0 aliphatic heterocycles. The smallest absolute Gasteiger partial charge is 0.340 e. The summed E-state index contributed by atoms with van der Waals surface area (Å²) in [6, 6.07) is 18.8. The van der Waals surface area contributed by atoms with Gasteiger partial charge in [0.05, 0.1) is 23.8 Å². The molecule has 1 saturated carbocycles. The zero-order valence-corrected chi connectivity index (χ0v) is 19.3. The van der Waals surface area contributed by atoms with E-state index in [9.17, 15) is 4.79 Å². The van der Waals surface area contributed by atoms with Crippen LogP contribution in [-0.2, 0) is 18.3 Å². The number of nitrogens with two attached hydrogens (primary N) is 1. The van der Waals surface area contributed by atoms with Crippen molar-refractivity contribution in [2.45, 2.75) is 45.3 Å². The van der Waals surface area contributed by atoms with Crippen LogP contribution >= 0.6 is 0 Å². The van der Waals surface area contributed by atoms with E-state index in [4.69, 9.17) is 15.2 Å². The van der Waals surface area contributed by atoms with E-state index >= 15 is 0 Å². The zero-order chi connectivity index (χ0) is 22.9. The summed E-state index contributed by atoms with van der Waals surface area (Å²) in [7, 11) is 1.95. The fourth-order valence-corrected chi connectivity index (χ4v) is 5.14. The second kappa shape index (κ2) is 8.91. The Morgan fingerprint density at radius 3 is 2.55 bits per heavy atom. The van der Waals surface area contributed by atoms with Gasteiger partial charge in [-0.25, -0.2) is 4.79 Å². The van der Waals surface area contributed by atoms with Crippen LogP contribution < -0.4 is 10.5 Å². The molecule has 0 atom stereocenters. The Morgan fingerprint density at radius 2 is 1.79 bits per heavy atom. The van der Waals surface area contributed by atoms with Crippen molar-refractivity contribution in [2.24, 2.45) is 12.8 Å². The molecule has 33 heavy (non-hydrogen) atoms. The largest absolute Gasteiger partial charge is 0.490 e. The quantitative estimate of drug-likeness (QED) is 0.374. The second-order valence-corrected chi connectivity index (χ2v) is 8.72. The van der Waals surface area contributed by atoms with Gasteiger partial charge in [-0.15, -0.1) is 0 Å². The number of rotatable bonds is 6. The number of ether oxygens (including phenoxy) is 2. The summed E-state index contributed by atoms with van der Waals surface area (Å²) in [6.45, 7) is 2.39. The Balaban J connectivity index is 1.80. The summed E-state index contributed by atoms with van der Waals surface area (Å²) in [6.07, 6.45) is 4.76. The lowest BCUT2D eigenvalue weighted by molar-refractivity contribution is 0.0527. The minimum atomic E-state index is -0.336. The number of hydrogen-bond donors (Lipinski definition) is 1. The monoisotopic (exact) mass is 442 g/mol. The van der Waals surface area contributed by atoms with Crippen LogP contribution in [0.4, 0.5) is 0 Å². The topological polar surface area (TPSA) is 66.5 Å². The lowest BCUT2D eigenvalue weighted by Gasteiger charge is -2.18. The second-order valence-electron chi connectivity index (χ2n) is 8.72. The first-order valence-corrected chi connectivity index (χ1v) is 11.8. The molecule has 3 aromatic carbocycles. The maximum absolute atomic E-state index is 13.0. The summed E-state index contributed by atoms with van der Waals surface area (Å²) in [5.41, 5.74) is 10.4. The van der Waals surface area contributed by atoms with Crippen LogP contribution in [0.25, 0.3) is 32.8 Å². The molecule has 170 valence electrons. The normalized spacial score (nSPS) is 14.3. The highest BCUT2D eigenvalue weighted by molar-refractivity contribution is 6.09. The van der Waals surface area contributed by atoms with E-state index in [2.05, 4.69) is 54.6 Å². The predicted octanol–water partition coefficient (Wildman–Crippen LogP) is 5.96. The van der Waals surface area contributed by atoms with E-state index < -0.39 is 0 Å². The number of aryl methyl sites for hydroxylation is 1. The fourth-order valence-electron chi connectivity index (χ4n) is 5.14. The molecule has 5 rings (SSSR count). The Hall–Kier alpha value is -3.31. The third-order valence-corrected chi connectivity index (χ3v) is 6.77. The molecule has 0 amide bonds. The predicted molar refractivity (Wildman–Crippen MR) is 133 cm³/mol. The van der Waals surface area contributed by atoms with Gasteiger partial charge in [-0.3, -0.25) is 0 Å². The number of aromatic nitrogens is 1. The zero-order valence-electron chi connectivity index (χ0n) is 19.3. The average molecular weight is 443 g/mol. The van der Waals surface area contributed by atoms with E-state index in [-0.39, 0.29) is 18.6 Å². The van der Waals surface area contributed by atoms with Crippen LogP contribution in [0.15, 0.2) is 54.6 Å². The summed E-state index contributed by atoms with van der Waals surface area (Å²) in [5, 5.41) is 3.17. The highest BCUT2D eigenvalue weighted by Crippen LogP contribution is 2.41. The van der Waals surface area contributed by atoms with Crippen LogP contribution in [0.2, 0.25) is 0 Å². The minimum Gasteiger partial charge on any atom is -0.490 e. The molecule has 2 N–H and O–H groups in total. The van der Waals surface area contributed by atoms with Gasteiger partial charge in [-0.2, -0.15) is 0 Å². The Labute approximate surface area is 194 Å². The highest BCUT2D eigenvalue weighted by atomic mass is 16.5.